The van der Waals surface area contributed by atoms with E-state index in [1.807, 2.05) is 12.1 Å². The summed E-state index contributed by atoms with van der Waals surface area (Å²) in [6, 6.07) is 5.38. The number of aryl methyl sites for hydroxylation is 1. The second-order valence-corrected chi connectivity index (χ2v) is 4.66. The largest absolute Gasteiger partial charge is 0.207 e. The number of benzene rings is 1. The third kappa shape index (κ3) is 3.20. The van der Waals surface area contributed by atoms with E-state index in [0.717, 1.165) is 18.4 Å². The van der Waals surface area contributed by atoms with E-state index in [1.165, 1.54) is 0 Å². The Morgan fingerprint density at radius 1 is 1.40 bits per heavy atom. The van der Waals surface area contributed by atoms with Crippen LogP contribution in [0.25, 0.3) is 0 Å². The average molecular weight is 229 g/mol. The van der Waals surface area contributed by atoms with Crippen molar-refractivity contribution in [2.45, 2.75) is 44.9 Å². The standard InChI is InChI=1S/C13H18ClF/c1-4-5-12(14)10(3)11-7-6-9(2)13(15)8-11/h6-8,10,12H,4-5H2,1-3H3. The molecule has 0 N–H and O–H groups in total. The highest BCUT2D eigenvalue weighted by Crippen LogP contribution is 2.27. The molecule has 84 valence electrons. The number of halogens is 2. The summed E-state index contributed by atoms with van der Waals surface area (Å²) in [7, 11) is 0. The lowest BCUT2D eigenvalue weighted by Crippen LogP contribution is -2.09. The molecular formula is C13H18ClF. The molecule has 0 amide bonds. The summed E-state index contributed by atoms with van der Waals surface area (Å²) >= 11 is 6.24. The van der Waals surface area contributed by atoms with Crippen molar-refractivity contribution in [1.29, 1.82) is 0 Å². The zero-order chi connectivity index (χ0) is 11.4. The van der Waals surface area contributed by atoms with E-state index < -0.39 is 0 Å². The number of rotatable bonds is 4. The summed E-state index contributed by atoms with van der Waals surface area (Å²) in [6.07, 6.45) is 2.03. The van der Waals surface area contributed by atoms with Gasteiger partial charge in [0.1, 0.15) is 5.82 Å². The van der Waals surface area contributed by atoms with E-state index >= 15 is 0 Å². The Morgan fingerprint density at radius 2 is 2.07 bits per heavy atom. The number of hydrogen-bond donors (Lipinski definition) is 0. The summed E-state index contributed by atoms with van der Waals surface area (Å²) in [5.41, 5.74) is 1.68. The Bertz CT molecular complexity index is 322. The van der Waals surface area contributed by atoms with Crippen LogP contribution < -0.4 is 0 Å². The lowest BCUT2D eigenvalue weighted by Gasteiger charge is -2.18. The second kappa shape index (κ2) is 5.50. The van der Waals surface area contributed by atoms with Crippen LogP contribution in [0.5, 0.6) is 0 Å². The Balaban J connectivity index is 2.81. The van der Waals surface area contributed by atoms with Crippen molar-refractivity contribution in [2.24, 2.45) is 0 Å². The molecule has 1 rings (SSSR count). The van der Waals surface area contributed by atoms with Gasteiger partial charge in [-0.1, -0.05) is 32.4 Å². The zero-order valence-corrected chi connectivity index (χ0v) is 10.3. The van der Waals surface area contributed by atoms with Gasteiger partial charge < -0.3 is 0 Å². The Labute approximate surface area is 96.5 Å². The minimum Gasteiger partial charge on any atom is -0.207 e. The zero-order valence-electron chi connectivity index (χ0n) is 9.56. The van der Waals surface area contributed by atoms with Gasteiger partial charge >= 0.3 is 0 Å². The van der Waals surface area contributed by atoms with Crippen LogP contribution in [0.2, 0.25) is 0 Å². The molecule has 2 atom stereocenters. The summed E-state index contributed by atoms with van der Waals surface area (Å²) in [5.74, 6) is 0.0708. The maximum Gasteiger partial charge on any atom is 0.126 e. The highest BCUT2D eigenvalue weighted by Gasteiger charge is 2.16. The van der Waals surface area contributed by atoms with Crippen molar-refractivity contribution in [1.82, 2.24) is 0 Å². The topological polar surface area (TPSA) is 0 Å². The van der Waals surface area contributed by atoms with Crippen LogP contribution in [0.4, 0.5) is 4.39 Å². The van der Waals surface area contributed by atoms with Gasteiger partial charge in [-0.25, -0.2) is 4.39 Å². The van der Waals surface area contributed by atoms with Crippen molar-refractivity contribution in [3.63, 3.8) is 0 Å². The normalized spacial score (nSPS) is 15.0. The third-order valence-corrected chi connectivity index (χ3v) is 3.42. The van der Waals surface area contributed by atoms with E-state index in [1.54, 1.807) is 13.0 Å². The summed E-state index contributed by atoms with van der Waals surface area (Å²) in [5, 5.41) is 0.0945. The molecule has 0 aliphatic heterocycles. The van der Waals surface area contributed by atoms with E-state index in [-0.39, 0.29) is 17.1 Å². The molecule has 1 aromatic carbocycles. The molecule has 0 radical (unpaired) electrons. The first-order chi connectivity index (χ1) is 7.06. The molecule has 0 nitrogen and oxygen atoms in total. The van der Waals surface area contributed by atoms with Gasteiger partial charge in [0.15, 0.2) is 0 Å². The van der Waals surface area contributed by atoms with Gasteiger partial charge in [-0.2, -0.15) is 0 Å². The van der Waals surface area contributed by atoms with Gasteiger partial charge in [0, 0.05) is 5.38 Å². The maximum absolute atomic E-state index is 13.3. The van der Waals surface area contributed by atoms with Crippen LogP contribution in [0.3, 0.4) is 0 Å². The summed E-state index contributed by atoms with van der Waals surface area (Å²) < 4.78 is 13.3. The predicted octanol–water partition coefficient (Wildman–Crippen LogP) is 4.65. The molecule has 0 saturated carbocycles. The highest BCUT2D eigenvalue weighted by atomic mass is 35.5. The molecule has 2 unspecified atom stereocenters. The molecule has 0 aliphatic carbocycles. The van der Waals surface area contributed by atoms with Crippen molar-refractivity contribution in [3.8, 4) is 0 Å². The van der Waals surface area contributed by atoms with Crippen LogP contribution in [0, 0.1) is 12.7 Å². The SMILES string of the molecule is CCCC(Cl)C(C)c1ccc(C)c(F)c1. The molecule has 15 heavy (non-hydrogen) atoms. The van der Waals surface area contributed by atoms with Gasteiger partial charge in [-0.05, 0) is 36.5 Å². The molecule has 0 aromatic heterocycles. The van der Waals surface area contributed by atoms with E-state index in [0.29, 0.717) is 5.56 Å². The Hall–Kier alpha value is -0.560. The van der Waals surface area contributed by atoms with Crippen LogP contribution >= 0.6 is 11.6 Å². The minimum atomic E-state index is -0.139. The Kier molecular flexibility index (Phi) is 4.59. The van der Waals surface area contributed by atoms with E-state index in [2.05, 4.69) is 13.8 Å². The third-order valence-electron chi connectivity index (χ3n) is 2.83. The van der Waals surface area contributed by atoms with Crippen molar-refractivity contribution in [2.75, 3.05) is 0 Å². The average Bonchev–Trinajstić information content (AvgIpc) is 2.21. The van der Waals surface area contributed by atoms with Gasteiger partial charge in [-0.3, -0.25) is 0 Å². The fraction of sp³-hybridized carbons (Fsp3) is 0.538. The van der Waals surface area contributed by atoms with Gasteiger partial charge in [-0.15, -0.1) is 11.6 Å². The van der Waals surface area contributed by atoms with E-state index in [4.69, 9.17) is 11.6 Å². The molecule has 2 heteroatoms. The Morgan fingerprint density at radius 3 is 2.60 bits per heavy atom. The first-order valence-corrected chi connectivity index (χ1v) is 5.90. The highest BCUT2D eigenvalue weighted by molar-refractivity contribution is 6.21. The van der Waals surface area contributed by atoms with Crippen LogP contribution in [-0.2, 0) is 0 Å². The van der Waals surface area contributed by atoms with Gasteiger partial charge in [0.05, 0.1) is 0 Å². The predicted molar refractivity (Wildman–Crippen MR) is 64.1 cm³/mol. The monoisotopic (exact) mass is 228 g/mol. The molecule has 0 bridgehead atoms. The summed E-state index contributed by atoms with van der Waals surface area (Å²) in [6.45, 7) is 5.93. The summed E-state index contributed by atoms with van der Waals surface area (Å²) in [4.78, 5) is 0. The molecule has 0 heterocycles. The molecule has 0 aliphatic rings. The smallest absolute Gasteiger partial charge is 0.126 e. The number of hydrogen-bond acceptors (Lipinski definition) is 0. The first kappa shape index (κ1) is 12.5. The van der Waals surface area contributed by atoms with Crippen molar-refractivity contribution < 1.29 is 4.39 Å². The van der Waals surface area contributed by atoms with Crippen molar-refractivity contribution in [3.05, 3.63) is 35.1 Å². The lowest BCUT2D eigenvalue weighted by atomic mass is 9.94. The van der Waals surface area contributed by atoms with Gasteiger partial charge in [0.2, 0.25) is 0 Å². The molecule has 0 spiro atoms. The quantitative estimate of drug-likeness (QED) is 0.659. The van der Waals surface area contributed by atoms with Crippen molar-refractivity contribution >= 4 is 11.6 Å². The minimum absolute atomic E-state index is 0.0945. The maximum atomic E-state index is 13.3. The fourth-order valence-corrected chi connectivity index (χ4v) is 1.99. The van der Waals surface area contributed by atoms with Crippen LogP contribution in [0.1, 0.15) is 43.7 Å². The molecule has 0 saturated heterocycles. The lowest BCUT2D eigenvalue weighted by molar-refractivity contribution is 0.600. The second-order valence-electron chi connectivity index (χ2n) is 4.10. The first-order valence-electron chi connectivity index (χ1n) is 5.46. The molecule has 1 aromatic rings. The molecule has 0 fully saturated rings. The fourth-order valence-electron chi connectivity index (χ4n) is 1.63. The van der Waals surface area contributed by atoms with Gasteiger partial charge in [0.25, 0.3) is 0 Å². The van der Waals surface area contributed by atoms with Crippen LogP contribution in [-0.4, -0.2) is 5.38 Å². The van der Waals surface area contributed by atoms with Crippen LogP contribution in [0.15, 0.2) is 18.2 Å². The molecular weight excluding hydrogens is 211 g/mol. The number of alkyl halides is 1. The van der Waals surface area contributed by atoms with E-state index in [9.17, 15) is 4.39 Å².